The Morgan fingerprint density at radius 2 is 0.953 bits per heavy atom. The van der Waals surface area contributed by atoms with Crippen LogP contribution < -0.4 is 51.8 Å². The molecule has 17 heteroatoms. The van der Waals surface area contributed by atoms with Crippen molar-refractivity contribution in [3.05, 3.63) is 197 Å². The van der Waals surface area contributed by atoms with Gasteiger partial charge in [-0.15, -0.1) is 22.7 Å². The summed E-state index contributed by atoms with van der Waals surface area (Å²) in [5, 5.41) is 28.1. The fourth-order valence-corrected chi connectivity index (χ4v) is 13.0. The van der Waals surface area contributed by atoms with Gasteiger partial charge in [0.05, 0.1) is 58.6 Å². The maximum Gasteiger partial charge on any atom is 0.328 e. The Balaban J connectivity index is 1.36. The van der Waals surface area contributed by atoms with Crippen LogP contribution in [-0.4, -0.2) is 71.7 Å². The first-order chi connectivity index (χ1) is 41.6. The van der Waals surface area contributed by atoms with E-state index < -0.39 is 13.7 Å². The molecule has 0 atom stereocenters. The maximum absolute atomic E-state index is 12.3. The van der Waals surface area contributed by atoms with Crippen LogP contribution in [0, 0.1) is 22.7 Å². The predicted octanol–water partition coefficient (Wildman–Crippen LogP) is 10.7. The minimum atomic E-state index is -0.582. The highest BCUT2D eigenvalue weighted by Crippen LogP contribution is 2.39. The first-order valence-electron chi connectivity index (χ1n) is 28.2. The molecular formula is C68H59B2N7O6S2. The van der Waals surface area contributed by atoms with Crippen LogP contribution in [0.2, 0.25) is 6.82 Å². The van der Waals surface area contributed by atoms with Crippen LogP contribution in [0.5, 0.6) is 23.0 Å². The van der Waals surface area contributed by atoms with Crippen LogP contribution in [0.15, 0.2) is 176 Å². The highest BCUT2D eigenvalue weighted by Gasteiger charge is 2.36. The van der Waals surface area contributed by atoms with E-state index in [0.717, 1.165) is 54.7 Å². The number of hydrogen-bond donors (Lipinski definition) is 1. The van der Waals surface area contributed by atoms with E-state index in [1.54, 1.807) is 21.1 Å². The summed E-state index contributed by atoms with van der Waals surface area (Å²) < 4.78 is 30.4. The van der Waals surface area contributed by atoms with Crippen molar-refractivity contribution in [2.45, 2.75) is 52.3 Å². The Kier molecular flexibility index (Phi) is 17.4. The standard InChI is InChI=1S/C68H59B2N7O6S2/c1-44(78)18-14-16-38-82-51-32-28-46(29-33-51)64-62-61(66(55(43-72)68-75-57-41-53(81-4)35-37-59(57)85-68)77(64)70(48-21-10-6-11-22-48)49-23-12-7-13-24-49)63(45-26-30-50(31-27-45)83-39-17-15-25-60(73)79)76(69(2)47-19-8-5-9-20-47)65(62)54(42-71)67-74-56-40-52(80-3)34-36-58(56)84-67/h5-13,19-24,26-37,40-41H,14-18,25,38-39H2,1-4H3,(H2,73,79)/b65-54-,66-55-. The molecule has 420 valence electrons. The number of benzene rings is 7. The third-order valence-electron chi connectivity index (χ3n) is 15.2. The molecule has 0 aliphatic rings. The third kappa shape index (κ3) is 12.0. The molecule has 0 saturated heterocycles. The van der Waals surface area contributed by atoms with E-state index in [1.165, 1.54) is 22.7 Å². The van der Waals surface area contributed by atoms with Gasteiger partial charge < -0.3 is 38.4 Å². The van der Waals surface area contributed by atoms with E-state index >= 15 is 0 Å². The number of ketones is 1. The first kappa shape index (κ1) is 57.2. The zero-order valence-electron chi connectivity index (χ0n) is 47.6. The Morgan fingerprint density at radius 1 is 0.541 bits per heavy atom. The molecule has 0 unspecified atom stereocenters. The lowest BCUT2D eigenvalue weighted by atomic mass is 9.50. The number of ether oxygens (including phenoxy) is 4. The first-order valence-corrected chi connectivity index (χ1v) is 29.9. The molecule has 85 heavy (non-hydrogen) atoms. The lowest BCUT2D eigenvalue weighted by Gasteiger charge is -2.23. The summed E-state index contributed by atoms with van der Waals surface area (Å²) in [6, 6.07) is 63.8. The Hall–Kier alpha value is -9.67. The van der Waals surface area contributed by atoms with Gasteiger partial charge in [0.15, 0.2) is 0 Å². The Labute approximate surface area is 501 Å². The third-order valence-corrected chi connectivity index (χ3v) is 17.3. The molecule has 1 amide bonds. The molecule has 0 saturated carbocycles. The molecule has 4 heterocycles. The van der Waals surface area contributed by atoms with Gasteiger partial charge in [-0.25, -0.2) is 9.97 Å². The second-order valence-corrected chi connectivity index (χ2v) is 22.8. The van der Waals surface area contributed by atoms with E-state index in [2.05, 4.69) is 76.4 Å². The molecule has 7 aromatic carbocycles. The molecule has 11 rings (SSSR count). The van der Waals surface area contributed by atoms with Crippen LogP contribution in [0.25, 0.3) is 64.9 Å². The number of Topliss-reactive ketones (excluding diaryl/α,β-unsaturated/α-hetero) is 1. The zero-order valence-corrected chi connectivity index (χ0v) is 49.2. The smallest absolute Gasteiger partial charge is 0.328 e. The van der Waals surface area contributed by atoms with Crippen molar-refractivity contribution < 1.29 is 28.5 Å². The number of primary amides is 1. The van der Waals surface area contributed by atoms with Crippen molar-refractivity contribution >= 4 is 107 Å². The molecule has 0 aliphatic heterocycles. The largest absolute Gasteiger partial charge is 0.497 e. The van der Waals surface area contributed by atoms with Crippen LogP contribution >= 0.6 is 22.7 Å². The minimum absolute atomic E-state index is 0.147. The highest BCUT2D eigenvalue weighted by molar-refractivity contribution is 7.20. The number of rotatable bonds is 23. The summed E-state index contributed by atoms with van der Waals surface area (Å²) in [4.78, 5) is 33.9. The van der Waals surface area contributed by atoms with Gasteiger partial charge in [-0.1, -0.05) is 114 Å². The zero-order chi connectivity index (χ0) is 59.0. The number of unbranched alkanes of at least 4 members (excludes halogenated alkanes) is 2. The van der Waals surface area contributed by atoms with Crippen molar-refractivity contribution in [1.29, 1.82) is 10.5 Å². The van der Waals surface area contributed by atoms with Gasteiger partial charge in [-0.05, 0) is 117 Å². The van der Waals surface area contributed by atoms with Crippen LogP contribution in [-0.2, 0) is 9.59 Å². The van der Waals surface area contributed by atoms with E-state index in [1.807, 2.05) is 127 Å². The summed E-state index contributed by atoms with van der Waals surface area (Å²) >= 11 is 2.86. The number of fused-ring (bicyclic) bond motifs is 3. The number of methoxy groups -OCH3 is 2. The molecule has 0 radical (unpaired) electrons. The normalized spacial score (nSPS) is 11.9. The Bertz CT molecular complexity index is 4420. The van der Waals surface area contributed by atoms with Gasteiger partial charge in [-0.3, -0.25) is 4.79 Å². The molecule has 4 aromatic heterocycles. The van der Waals surface area contributed by atoms with Crippen molar-refractivity contribution in [3.63, 3.8) is 0 Å². The summed E-state index contributed by atoms with van der Waals surface area (Å²) in [5.41, 5.74) is 13.4. The fraction of sp³-hybridized carbons (Fsp3) is 0.176. The van der Waals surface area contributed by atoms with E-state index in [-0.39, 0.29) is 18.1 Å². The second kappa shape index (κ2) is 25.9. The predicted molar refractivity (Wildman–Crippen MR) is 344 cm³/mol. The monoisotopic (exact) mass is 1160 g/mol. The van der Waals surface area contributed by atoms with Gasteiger partial charge in [0.1, 0.15) is 62.1 Å². The lowest BCUT2D eigenvalue weighted by molar-refractivity contribution is -0.118. The van der Waals surface area contributed by atoms with Crippen LogP contribution in [0.1, 0.15) is 55.5 Å². The van der Waals surface area contributed by atoms with Gasteiger partial charge in [0.25, 0.3) is 6.85 Å². The SMILES string of the molecule is COc1ccc2sc(/C(C#N)=c3/c4c(-c5ccc(OCCCCC(C)=O)cc5)n(B(c5ccccc5)c5ccccc5)/c(=C(/C#N)c5nc6cc(OC)ccc6s5)c4c(-c4ccc(OCCCCC(N)=O)cc4)n3B(C)c3ccccc3)nc2c1. The number of thiazole rings is 2. The van der Waals surface area contributed by atoms with Gasteiger partial charge in [0.2, 0.25) is 5.91 Å². The molecule has 0 bridgehead atoms. The van der Waals surface area contributed by atoms with Crippen molar-refractivity contribution in [2.75, 3.05) is 27.4 Å². The second-order valence-electron chi connectivity index (χ2n) is 20.7. The minimum Gasteiger partial charge on any atom is -0.497 e. The highest BCUT2D eigenvalue weighted by atomic mass is 32.1. The van der Waals surface area contributed by atoms with Crippen molar-refractivity contribution in [3.8, 4) is 57.7 Å². The number of carbonyl (C=O) groups is 2. The number of nitriles is 2. The van der Waals surface area contributed by atoms with Gasteiger partial charge in [-0.2, -0.15) is 10.5 Å². The maximum atomic E-state index is 12.3. The molecule has 0 fully saturated rings. The molecular weight excluding hydrogens is 1100 g/mol. The van der Waals surface area contributed by atoms with Crippen molar-refractivity contribution in [2.24, 2.45) is 5.73 Å². The number of carbonyl (C=O) groups excluding carboxylic acids is 2. The van der Waals surface area contributed by atoms with Crippen molar-refractivity contribution in [1.82, 2.24) is 18.9 Å². The quantitative estimate of drug-likeness (QED) is 0.0478. The van der Waals surface area contributed by atoms with Gasteiger partial charge in [0, 0.05) is 47.1 Å². The fourth-order valence-electron chi connectivity index (χ4n) is 11.1. The summed E-state index contributed by atoms with van der Waals surface area (Å²) in [7, 11) is 3.25. The Morgan fingerprint density at radius 3 is 1.38 bits per heavy atom. The summed E-state index contributed by atoms with van der Waals surface area (Å²) in [6.45, 7) is 3.54. The molecule has 0 aliphatic carbocycles. The van der Waals surface area contributed by atoms with E-state index in [4.69, 9.17) is 34.6 Å². The summed E-state index contributed by atoms with van der Waals surface area (Å²) in [5.74, 6) is 2.35. The molecule has 0 spiro atoms. The topological polar surface area (TPSA) is 180 Å². The van der Waals surface area contributed by atoms with Crippen LogP contribution in [0.4, 0.5) is 0 Å². The number of hydrogen-bond acceptors (Lipinski definition) is 12. The number of amides is 1. The van der Waals surface area contributed by atoms with E-state index in [0.29, 0.717) is 116 Å². The summed E-state index contributed by atoms with van der Waals surface area (Å²) in [6.07, 6.45) is 3.44. The molecule has 13 nitrogen and oxygen atoms in total. The number of aromatic nitrogens is 4. The number of nitrogens with zero attached hydrogens (tertiary/aromatic N) is 6. The molecule has 11 aromatic rings. The average Bonchev–Trinajstić information content (AvgIpc) is 2.26. The molecule has 2 N–H and O–H groups in total. The van der Waals surface area contributed by atoms with Crippen LogP contribution in [0.3, 0.4) is 0 Å². The number of nitrogens with two attached hydrogens (primary N) is 1. The van der Waals surface area contributed by atoms with Gasteiger partial charge >= 0.3 is 6.85 Å². The van der Waals surface area contributed by atoms with E-state index in [9.17, 15) is 20.1 Å². The lowest BCUT2D eigenvalue weighted by Crippen LogP contribution is -2.53. The average molecular weight is 1160 g/mol.